The van der Waals surface area contributed by atoms with E-state index in [9.17, 15) is 4.79 Å². The molecule has 1 aliphatic heterocycles. The largest absolute Gasteiger partial charge is 0.352 e. The molecule has 2 fully saturated rings. The van der Waals surface area contributed by atoms with Gasteiger partial charge in [0.25, 0.3) is 0 Å². The van der Waals surface area contributed by atoms with Crippen LogP contribution in [0.2, 0.25) is 0 Å². The Morgan fingerprint density at radius 3 is 2.83 bits per heavy atom. The third kappa shape index (κ3) is 5.58. The molecule has 0 unspecified atom stereocenters. The van der Waals surface area contributed by atoms with E-state index in [4.69, 9.17) is 0 Å². The molecule has 1 saturated heterocycles. The standard InChI is InChI=1S/C18H31N5O/c24-18(9-5-11-23-15-19-14-20-23)21-17-8-4-10-22(13-17)12-16-6-2-1-3-7-16/h14-17H,1-13H2,(H,21,24)/t17-/m1/s1. The van der Waals surface area contributed by atoms with Crippen molar-refractivity contribution in [3.05, 3.63) is 12.7 Å². The van der Waals surface area contributed by atoms with E-state index < -0.39 is 0 Å². The molecular weight excluding hydrogens is 302 g/mol. The Labute approximate surface area is 145 Å². The van der Waals surface area contributed by atoms with Crippen molar-refractivity contribution in [1.29, 1.82) is 0 Å². The number of nitrogens with one attached hydrogen (secondary N) is 1. The van der Waals surface area contributed by atoms with E-state index >= 15 is 0 Å². The lowest BCUT2D eigenvalue weighted by atomic mass is 9.88. The molecule has 1 aromatic heterocycles. The summed E-state index contributed by atoms with van der Waals surface area (Å²) in [4.78, 5) is 18.7. The van der Waals surface area contributed by atoms with Crippen LogP contribution in [0.1, 0.15) is 57.8 Å². The van der Waals surface area contributed by atoms with E-state index in [1.807, 2.05) is 0 Å². The number of hydrogen-bond donors (Lipinski definition) is 1. The molecule has 6 nitrogen and oxygen atoms in total. The van der Waals surface area contributed by atoms with Crippen LogP contribution < -0.4 is 5.32 Å². The smallest absolute Gasteiger partial charge is 0.220 e. The zero-order valence-corrected chi connectivity index (χ0v) is 14.7. The minimum absolute atomic E-state index is 0.180. The molecule has 1 saturated carbocycles. The molecule has 2 heterocycles. The molecule has 3 rings (SSSR count). The molecule has 1 atom stereocenters. The van der Waals surface area contributed by atoms with E-state index in [1.54, 1.807) is 11.0 Å². The van der Waals surface area contributed by atoms with Gasteiger partial charge in [-0.15, -0.1) is 0 Å². The lowest BCUT2D eigenvalue weighted by molar-refractivity contribution is -0.122. The van der Waals surface area contributed by atoms with Crippen LogP contribution in [-0.4, -0.2) is 51.2 Å². The van der Waals surface area contributed by atoms with E-state index in [0.717, 1.165) is 31.8 Å². The summed E-state index contributed by atoms with van der Waals surface area (Å²) in [6.45, 7) is 4.23. The maximum atomic E-state index is 12.2. The van der Waals surface area contributed by atoms with Crippen LogP contribution in [0, 0.1) is 5.92 Å². The number of aromatic nitrogens is 3. The van der Waals surface area contributed by atoms with Crippen molar-refractivity contribution in [1.82, 2.24) is 25.0 Å². The normalized spacial score (nSPS) is 23.2. The molecule has 134 valence electrons. The minimum Gasteiger partial charge on any atom is -0.352 e. The summed E-state index contributed by atoms with van der Waals surface area (Å²) in [5.41, 5.74) is 0. The third-order valence-electron chi connectivity index (χ3n) is 5.37. The summed E-state index contributed by atoms with van der Waals surface area (Å²) >= 11 is 0. The summed E-state index contributed by atoms with van der Waals surface area (Å²) in [7, 11) is 0. The molecule has 2 aliphatic rings. The van der Waals surface area contributed by atoms with Crippen molar-refractivity contribution in [2.45, 2.75) is 70.4 Å². The predicted octanol–water partition coefficient (Wildman–Crippen LogP) is 2.22. The van der Waals surface area contributed by atoms with Crippen molar-refractivity contribution < 1.29 is 4.79 Å². The maximum Gasteiger partial charge on any atom is 0.220 e. The third-order valence-corrected chi connectivity index (χ3v) is 5.37. The van der Waals surface area contributed by atoms with Gasteiger partial charge in [-0.1, -0.05) is 19.3 Å². The van der Waals surface area contributed by atoms with Gasteiger partial charge in [0.05, 0.1) is 0 Å². The fourth-order valence-electron chi connectivity index (χ4n) is 4.12. The molecule has 0 aromatic carbocycles. The average molecular weight is 333 g/mol. The minimum atomic E-state index is 0.180. The Morgan fingerprint density at radius 1 is 1.17 bits per heavy atom. The Bertz CT molecular complexity index is 484. The van der Waals surface area contributed by atoms with Crippen LogP contribution >= 0.6 is 0 Å². The van der Waals surface area contributed by atoms with Gasteiger partial charge >= 0.3 is 0 Å². The highest BCUT2D eigenvalue weighted by Gasteiger charge is 2.24. The molecule has 24 heavy (non-hydrogen) atoms. The summed E-state index contributed by atoms with van der Waals surface area (Å²) < 4.78 is 1.78. The highest BCUT2D eigenvalue weighted by Crippen LogP contribution is 2.25. The van der Waals surface area contributed by atoms with Gasteiger partial charge in [-0.25, -0.2) is 4.98 Å². The van der Waals surface area contributed by atoms with Gasteiger partial charge in [-0.05, 0) is 44.6 Å². The average Bonchev–Trinajstić information content (AvgIpc) is 3.09. The van der Waals surface area contributed by atoms with Crippen molar-refractivity contribution in [2.24, 2.45) is 5.92 Å². The summed E-state index contributed by atoms with van der Waals surface area (Å²) in [5.74, 6) is 1.07. The second-order valence-electron chi connectivity index (χ2n) is 7.43. The van der Waals surface area contributed by atoms with Crippen molar-refractivity contribution in [2.75, 3.05) is 19.6 Å². The molecule has 0 spiro atoms. The number of carbonyl (C=O) groups is 1. The van der Waals surface area contributed by atoms with Gasteiger partial charge in [0.1, 0.15) is 12.7 Å². The Balaban J connectivity index is 1.34. The number of piperidine rings is 1. The van der Waals surface area contributed by atoms with Crippen molar-refractivity contribution in [3.8, 4) is 0 Å². The summed E-state index contributed by atoms with van der Waals surface area (Å²) in [5, 5.41) is 7.30. The molecule has 1 amide bonds. The fraction of sp³-hybridized carbons (Fsp3) is 0.833. The first-order valence-corrected chi connectivity index (χ1v) is 9.64. The van der Waals surface area contributed by atoms with Crippen LogP contribution in [0.5, 0.6) is 0 Å². The van der Waals surface area contributed by atoms with Gasteiger partial charge in [0.15, 0.2) is 0 Å². The maximum absolute atomic E-state index is 12.2. The number of nitrogens with zero attached hydrogens (tertiary/aromatic N) is 4. The first-order chi connectivity index (χ1) is 11.8. The highest BCUT2D eigenvalue weighted by atomic mass is 16.1. The molecule has 0 bridgehead atoms. The van der Waals surface area contributed by atoms with Crippen LogP contribution in [0.15, 0.2) is 12.7 Å². The number of carbonyl (C=O) groups excluding carboxylic acids is 1. The topological polar surface area (TPSA) is 63.1 Å². The van der Waals surface area contributed by atoms with E-state index in [2.05, 4.69) is 20.3 Å². The first kappa shape index (κ1) is 17.4. The summed E-state index contributed by atoms with van der Waals surface area (Å²) in [6, 6.07) is 0.334. The second-order valence-corrected chi connectivity index (χ2v) is 7.43. The Morgan fingerprint density at radius 2 is 2.04 bits per heavy atom. The number of hydrogen-bond acceptors (Lipinski definition) is 4. The SMILES string of the molecule is O=C(CCCn1cncn1)N[C@@H]1CCCN(CC2CCCCC2)C1. The van der Waals surface area contributed by atoms with Crippen LogP contribution in [0.25, 0.3) is 0 Å². The van der Waals surface area contributed by atoms with Crippen molar-refractivity contribution in [3.63, 3.8) is 0 Å². The lowest BCUT2D eigenvalue weighted by Gasteiger charge is -2.36. The van der Waals surface area contributed by atoms with Gasteiger partial charge in [-0.2, -0.15) is 5.10 Å². The first-order valence-electron chi connectivity index (χ1n) is 9.64. The molecule has 6 heteroatoms. The second kappa shape index (κ2) is 9.16. The molecule has 0 radical (unpaired) electrons. The monoisotopic (exact) mass is 333 g/mol. The fourth-order valence-corrected chi connectivity index (χ4v) is 4.12. The van der Waals surface area contributed by atoms with Crippen LogP contribution in [0.3, 0.4) is 0 Å². The van der Waals surface area contributed by atoms with Gasteiger partial charge in [0.2, 0.25) is 5.91 Å². The van der Waals surface area contributed by atoms with Gasteiger partial charge < -0.3 is 10.2 Å². The van der Waals surface area contributed by atoms with Crippen LogP contribution in [-0.2, 0) is 11.3 Å². The zero-order valence-electron chi connectivity index (χ0n) is 14.7. The lowest BCUT2D eigenvalue weighted by Crippen LogP contribution is -2.48. The molecule has 1 N–H and O–H groups in total. The number of aryl methyl sites for hydroxylation is 1. The van der Waals surface area contributed by atoms with E-state index in [-0.39, 0.29) is 5.91 Å². The zero-order chi connectivity index (χ0) is 16.6. The quantitative estimate of drug-likeness (QED) is 0.831. The molecular formula is C18H31N5O. The number of amides is 1. The van der Waals surface area contributed by atoms with Crippen molar-refractivity contribution >= 4 is 5.91 Å². The summed E-state index contributed by atoms with van der Waals surface area (Å²) in [6.07, 6.45) is 14.0. The molecule has 1 aliphatic carbocycles. The molecule has 1 aromatic rings. The van der Waals surface area contributed by atoms with E-state index in [0.29, 0.717) is 12.5 Å². The number of likely N-dealkylation sites (tertiary alicyclic amines) is 1. The van der Waals surface area contributed by atoms with Crippen LogP contribution in [0.4, 0.5) is 0 Å². The van der Waals surface area contributed by atoms with Gasteiger partial charge in [-0.3, -0.25) is 9.48 Å². The Hall–Kier alpha value is -1.43. The van der Waals surface area contributed by atoms with E-state index in [1.165, 1.54) is 57.9 Å². The highest BCUT2D eigenvalue weighted by molar-refractivity contribution is 5.76. The number of rotatable bonds is 7. The Kier molecular flexibility index (Phi) is 6.64. The van der Waals surface area contributed by atoms with Gasteiger partial charge in [0, 0.05) is 32.1 Å². The predicted molar refractivity (Wildman–Crippen MR) is 93.4 cm³/mol.